The fraction of sp³-hybridized carbons (Fsp3) is 0.667. The van der Waals surface area contributed by atoms with Gasteiger partial charge in [0.05, 0.1) is 10.6 Å². The van der Waals surface area contributed by atoms with E-state index in [0.29, 0.717) is 4.88 Å². The molecule has 0 aliphatic heterocycles. The Morgan fingerprint density at radius 1 is 1.42 bits per heavy atom. The molecule has 0 atom stereocenters. The summed E-state index contributed by atoms with van der Waals surface area (Å²) >= 11 is 1.23. The van der Waals surface area contributed by atoms with Crippen LogP contribution in [0.25, 0.3) is 0 Å². The number of aromatic nitrogens is 1. The average molecular weight is 189 g/mol. The maximum absolute atomic E-state index is 13.1. The lowest BCUT2D eigenvalue weighted by Gasteiger charge is -2.08. The summed E-state index contributed by atoms with van der Waals surface area (Å²) in [5.74, 6) is 0. The van der Waals surface area contributed by atoms with Crippen LogP contribution >= 0.6 is 11.5 Å². The van der Waals surface area contributed by atoms with Crippen LogP contribution in [0, 0.1) is 6.92 Å². The Bertz CT molecular complexity index is 225. The quantitative estimate of drug-likeness (QED) is 0.656. The van der Waals surface area contributed by atoms with Crippen LogP contribution in [0.15, 0.2) is 6.07 Å². The molecule has 1 nitrogen and oxygen atoms in total. The minimum absolute atomic E-state index is 0.699. The van der Waals surface area contributed by atoms with Gasteiger partial charge in [0.1, 0.15) is 5.67 Å². The molecule has 3 heteroatoms. The van der Waals surface area contributed by atoms with E-state index in [1.54, 1.807) is 19.9 Å². The SMILES string of the molecule is CC.Cc1cc(C(C)(C)F)sn1. The molecule has 12 heavy (non-hydrogen) atoms. The van der Waals surface area contributed by atoms with E-state index in [1.807, 2.05) is 20.8 Å². The van der Waals surface area contributed by atoms with Gasteiger partial charge < -0.3 is 0 Å². The second kappa shape index (κ2) is 4.55. The number of hydrogen-bond donors (Lipinski definition) is 0. The van der Waals surface area contributed by atoms with Crippen molar-refractivity contribution in [3.8, 4) is 0 Å². The predicted octanol–water partition coefficient (Wildman–Crippen LogP) is 3.68. The molecular formula is C9H16FNS. The fourth-order valence-corrected chi connectivity index (χ4v) is 1.38. The first-order valence-electron chi connectivity index (χ1n) is 4.13. The van der Waals surface area contributed by atoms with Gasteiger partial charge in [0, 0.05) is 0 Å². The molecule has 1 aromatic rings. The molecule has 0 fully saturated rings. The van der Waals surface area contributed by atoms with Gasteiger partial charge in [0.2, 0.25) is 0 Å². The van der Waals surface area contributed by atoms with Crippen LogP contribution in [-0.2, 0) is 5.67 Å². The Balaban J connectivity index is 0.000000561. The lowest BCUT2D eigenvalue weighted by molar-refractivity contribution is 0.227. The molecule has 0 saturated carbocycles. The number of rotatable bonds is 1. The largest absolute Gasteiger partial charge is 0.238 e. The summed E-state index contributed by atoms with van der Waals surface area (Å²) in [5.41, 5.74) is -0.336. The molecule has 0 aliphatic carbocycles. The van der Waals surface area contributed by atoms with Gasteiger partial charge >= 0.3 is 0 Å². The van der Waals surface area contributed by atoms with Gasteiger partial charge in [-0.3, -0.25) is 0 Å². The maximum Gasteiger partial charge on any atom is 0.141 e. The molecule has 1 aromatic heterocycles. The van der Waals surface area contributed by atoms with Crippen LogP contribution in [0.2, 0.25) is 0 Å². The molecule has 0 amide bonds. The third-order valence-electron chi connectivity index (χ3n) is 1.21. The number of nitrogens with zero attached hydrogens (tertiary/aromatic N) is 1. The van der Waals surface area contributed by atoms with Crippen molar-refractivity contribution in [1.82, 2.24) is 4.37 Å². The van der Waals surface area contributed by atoms with Gasteiger partial charge in [-0.2, -0.15) is 4.37 Å². The average Bonchev–Trinajstić information content (AvgIpc) is 2.39. The van der Waals surface area contributed by atoms with Gasteiger partial charge in [-0.25, -0.2) is 4.39 Å². The molecule has 1 heterocycles. The van der Waals surface area contributed by atoms with E-state index in [0.717, 1.165) is 5.69 Å². The first-order valence-corrected chi connectivity index (χ1v) is 4.90. The molecule has 0 aliphatic rings. The summed E-state index contributed by atoms with van der Waals surface area (Å²) in [6.07, 6.45) is 0. The molecule has 0 spiro atoms. The van der Waals surface area contributed by atoms with Crippen molar-refractivity contribution in [3.63, 3.8) is 0 Å². The van der Waals surface area contributed by atoms with Crippen LogP contribution in [-0.4, -0.2) is 4.37 Å². The molecule has 0 N–H and O–H groups in total. The third kappa shape index (κ3) is 3.30. The van der Waals surface area contributed by atoms with Gasteiger partial charge in [0.25, 0.3) is 0 Å². The monoisotopic (exact) mass is 189 g/mol. The van der Waals surface area contributed by atoms with E-state index < -0.39 is 5.67 Å². The molecular weight excluding hydrogens is 173 g/mol. The first kappa shape index (κ1) is 11.6. The van der Waals surface area contributed by atoms with Crippen LogP contribution in [0.1, 0.15) is 38.3 Å². The normalized spacial score (nSPS) is 10.5. The Labute approximate surface area is 77.8 Å². The van der Waals surface area contributed by atoms with E-state index in [-0.39, 0.29) is 0 Å². The van der Waals surface area contributed by atoms with Gasteiger partial charge in [-0.1, -0.05) is 13.8 Å². The van der Waals surface area contributed by atoms with Crippen LogP contribution in [0.5, 0.6) is 0 Å². The number of aryl methyl sites for hydroxylation is 1. The highest BCUT2D eigenvalue weighted by Crippen LogP contribution is 2.27. The summed E-state index contributed by atoms with van der Waals surface area (Å²) in [6.45, 7) is 8.95. The Kier molecular flexibility index (Phi) is 4.39. The smallest absolute Gasteiger partial charge is 0.141 e. The van der Waals surface area contributed by atoms with Crippen molar-refractivity contribution in [2.24, 2.45) is 0 Å². The summed E-state index contributed by atoms with van der Waals surface area (Å²) in [6, 6.07) is 1.78. The van der Waals surface area contributed by atoms with Crippen molar-refractivity contribution >= 4 is 11.5 Å². The molecule has 0 saturated heterocycles. The van der Waals surface area contributed by atoms with Crippen molar-refractivity contribution in [1.29, 1.82) is 0 Å². The highest BCUT2D eigenvalue weighted by Gasteiger charge is 2.20. The van der Waals surface area contributed by atoms with Crippen molar-refractivity contribution < 1.29 is 4.39 Å². The van der Waals surface area contributed by atoms with Gasteiger partial charge in [-0.15, -0.1) is 0 Å². The lowest BCUT2D eigenvalue weighted by atomic mass is 10.1. The zero-order chi connectivity index (χ0) is 9.78. The Morgan fingerprint density at radius 3 is 2.08 bits per heavy atom. The molecule has 70 valence electrons. The zero-order valence-corrected chi connectivity index (χ0v) is 9.13. The highest BCUT2D eigenvalue weighted by molar-refractivity contribution is 7.06. The van der Waals surface area contributed by atoms with Crippen molar-refractivity contribution in [2.75, 3.05) is 0 Å². The highest BCUT2D eigenvalue weighted by atomic mass is 32.1. The summed E-state index contributed by atoms with van der Waals surface area (Å²) in [7, 11) is 0. The van der Waals surface area contributed by atoms with E-state index in [4.69, 9.17) is 0 Å². The summed E-state index contributed by atoms with van der Waals surface area (Å²) in [4.78, 5) is 0.699. The second-order valence-electron chi connectivity index (χ2n) is 2.80. The molecule has 0 unspecified atom stereocenters. The van der Waals surface area contributed by atoms with Crippen LogP contribution in [0.3, 0.4) is 0 Å². The van der Waals surface area contributed by atoms with Gasteiger partial charge in [-0.05, 0) is 38.4 Å². The minimum Gasteiger partial charge on any atom is -0.238 e. The number of halogens is 1. The Hall–Kier alpha value is -0.440. The molecule has 0 radical (unpaired) electrons. The summed E-state index contributed by atoms with van der Waals surface area (Å²) < 4.78 is 17.1. The van der Waals surface area contributed by atoms with Crippen LogP contribution in [0.4, 0.5) is 4.39 Å². The number of hydrogen-bond acceptors (Lipinski definition) is 2. The fourth-order valence-electron chi connectivity index (χ4n) is 0.644. The van der Waals surface area contributed by atoms with E-state index >= 15 is 0 Å². The zero-order valence-electron chi connectivity index (χ0n) is 8.31. The summed E-state index contributed by atoms with van der Waals surface area (Å²) in [5, 5.41) is 0. The van der Waals surface area contributed by atoms with E-state index in [1.165, 1.54) is 11.5 Å². The van der Waals surface area contributed by atoms with E-state index in [2.05, 4.69) is 4.37 Å². The first-order chi connectivity index (χ1) is 5.50. The topological polar surface area (TPSA) is 12.9 Å². The third-order valence-corrected chi connectivity index (χ3v) is 2.39. The predicted molar refractivity (Wildman–Crippen MR) is 52.3 cm³/mol. The van der Waals surface area contributed by atoms with Crippen LogP contribution < -0.4 is 0 Å². The minimum atomic E-state index is -1.23. The maximum atomic E-state index is 13.1. The molecule has 0 bridgehead atoms. The van der Waals surface area contributed by atoms with Crippen molar-refractivity contribution in [3.05, 3.63) is 16.6 Å². The lowest BCUT2D eigenvalue weighted by Crippen LogP contribution is -2.05. The number of alkyl halides is 1. The van der Waals surface area contributed by atoms with E-state index in [9.17, 15) is 4.39 Å². The standard InChI is InChI=1S/C7H10FNS.C2H6/c1-5-4-6(10-9-5)7(2,3)8;1-2/h4H,1-3H3;1-2H3. The molecule has 0 aromatic carbocycles. The molecule has 1 rings (SSSR count). The van der Waals surface area contributed by atoms with Gasteiger partial charge in [0.15, 0.2) is 0 Å². The van der Waals surface area contributed by atoms with Crippen molar-refractivity contribution in [2.45, 2.75) is 40.3 Å². The second-order valence-corrected chi connectivity index (χ2v) is 3.61. The Morgan fingerprint density at radius 2 is 1.92 bits per heavy atom.